The molecule has 1 atom stereocenters. The van der Waals surface area contributed by atoms with Gasteiger partial charge in [0, 0.05) is 5.56 Å². The van der Waals surface area contributed by atoms with Crippen LogP contribution in [0.1, 0.15) is 20.3 Å². The van der Waals surface area contributed by atoms with E-state index in [1.165, 1.54) is 11.3 Å². The minimum Gasteiger partial charge on any atom is -0.320 e. The van der Waals surface area contributed by atoms with E-state index in [9.17, 15) is 4.79 Å². The minimum atomic E-state index is -0.544. The van der Waals surface area contributed by atoms with Crippen LogP contribution in [0, 0.1) is 5.92 Å². The van der Waals surface area contributed by atoms with Crippen molar-refractivity contribution in [2.24, 2.45) is 11.7 Å². The molecule has 3 N–H and O–H groups in total. The lowest BCUT2D eigenvalue weighted by Gasteiger charge is -2.12. The number of benzene rings is 1. The predicted octanol–water partition coefficient (Wildman–Crippen LogP) is 3.17. The molecule has 0 aliphatic carbocycles. The number of rotatable bonds is 5. The zero-order valence-electron chi connectivity index (χ0n) is 11.8. The molecule has 0 saturated heterocycles. The number of hydrogen-bond acceptors (Lipinski definition) is 5. The Morgan fingerprint density at radius 2 is 2.10 bits per heavy atom. The van der Waals surface area contributed by atoms with E-state index >= 15 is 0 Å². The van der Waals surface area contributed by atoms with Gasteiger partial charge in [0.25, 0.3) is 0 Å². The second-order valence-electron chi connectivity index (χ2n) is 5.12. The van der Waals surface area contributed by atoms with E-state index in [0.717, 1.165) is 5.56 Å². The molecule has 0 aliphatic heterocycles. The van der Waals surface area contributed by atoms with Gasteiger partial charge in [0.05, 0.1) is 11.1 Å². The van der Waals surface area contributed by atoms with Crippen molar-refractivity contribution in [2.45, 2.75) is 26.3 Å². The van der Waals surface area contributed by atoms with Gasteiger partial charge < -0.3 is 5.73 Å². The summed E-state index contributed by atoms with van der Waals surface area (Å²) in [5.41, 5.74) is 6.63. The van der Waals surface area contributed by atoms with Gasteiger partial charge in [-0.3, -0.25) is 10.1 Å². The Bertz CT molecular complexity index is 629. The molecule has 2 rings (SSSR count). The molecule has 21 heavy (non-hydrogen) atoms. The van der Waals surface area contributed by atoms with E-state index in [0.29, 0.717) is 27.5 Å². The predicted molar refractivity (Wildman–Crippen MR) is 86.4 cm³/mol. The molecule has 112 valence electrons. The summed E-state index contributed by atoms with van der Waals surface area (Å²) in [6.07, 6.45) is 0.627. The number of hydrogen-bond donors (Lipinski definition) is 2. The van der Waals surface area contributed by atoms with Crippen molar-refractivity contribution in [3.8, 4) is 10.6 Å². The van der Waals surface area contributed by atoms with Gasteiger partial charge in [-0.1, -0.05) is 55.0 Å². The van der Waals surface area contributed by atoms with Crippen molar-refractivity contribution in [2.75, 3.05) is 5.32 Å². The van der Waals surface area contributed by atoms with Crippen LogP contribution in [0.25, 0.3) is 10.6 Å². The summed E-state index contributed by atoms with van der Waals surface area (Å²) in [4.78, 5) is 11.9. The van der Waals surface area contributed by atoms with Crippen LogP contribution in [0.15, 0.2) is 24.3 Å². The second-order valence-corrected chi connectivity index (χ2v) is 6.50. The fourth-order valence-electron chi connectivity index (χ4n) is 1.83. The van der Waals surface area contributed by atoms with Crippen LogP contribution in [-0.4, -0.2) is 22.1 Å². The molecule has 1 aromatic carbocycles. The van der Waals surface area contributed by atoms with Crippen LogP contribution in [0.3, 0.4) is 0 Å². The number of carbonyl (C=O) groups is 1. The highest BCUT2D eigenvalue weighted by Gasteiger charge is 2.17. The van der Waals surface area contributed by atoms with E-state index < -0.39 is 6.04 Å². The Labute approximate surface area is 132 Å². The maximum Gasteiger partial charge on any atom is 0.243 e. The number of nitrogens with zero attached hydrogens (tertiary/aromatic N) is 2. The molecule has 5 nitrogen and oxygen atoms in total. The maximum absolute atomic E-state index is 11.9. The maximum atomic E-state index is 11.9. The smallest absolute Gasteiger partial charge is 0.243 e. The van der Waals surface area contributed by atoms with Crippen LogP contribution >= 0.6 is 22.9 Å². The summed E-state index contributed by atoms with van der Waals surface area (Å²) in [5.74, 6) is 0.115. The van der Waals surface area contributed by atoms with E-state index in [2.05, 4.69) is 15.5 Å². The standard InChI is InChI=1S/C14H17ClN4OS/c1-8(2)7-11(16)12(20)17-14-19-18-13(21-14)9-5-3-4-6-10(9)15/h3-6,8,11H,7,16H2,1-2H3,(H,17,19,20)/t11-/m0/s1. The first-order valence-corrected chi connectivity index (χ1v) is 7.81. The first kappa shape index (κ1) is 15.9. The molecule has 1 aromatic heterocycles. The van der Waals surface area contributed by atoms with Crippen LogP contribution in [0.5, 0.6) is 0 Å². The third-order valence-electron chi connectivity index (χ3n) is 2.82. The number of nitrogens with two attached hydrogens (primary N) is 1. The van der Waals surface area contributed by atoms with Gasteiger partial charge in [-0.15, -0.1) is 10.2 Å². The lowest BCUT2D eigenvalue weighted by molar-refractivity contribution is -0.117. The quantitative estimate of drug-likeness (QED) is 0.885. The van der Waals surface area contributed by atoms with E-state index in [4.69, 9.17) is 17.3 Å². The van der Waals surface area contributed by atoms with Crippen molar-refractivity contribution in [3.05, 3.63) is 29.3 Å². The molecule has 0 unspecified atom stereocenters. The summed E-state index contributed by atoms with van der Waals surface area (Å²) < 4.78 is 0. The highest BCUT2D eigenvalue weighted by Crippen LogP contribution is 2.31. The number of nitrogens with one attached hydrogen (secondary N) is 1. The molecule has 0 aliphatic rings. The van der Waals surface area contributed by atoms with Crippen molar-refractivity contribution < 1.29 is 4.79 Å². The Morgan fingerprint density at radius 1 is 1.38 bits per heavy atom. The number of amides is 1. The van der Waals surface area contributed by atoms with Crippen molar-refractivity contribution in [1.82, 2.24) is 10.2 Å². The molecule has 1 amide bonds. The average molecular weight is 325 g/mol. The third-order valence-corrected chi connectivity index (χ3v) is 4.02. The summed E-state index contributed by atoms with van der Waals surface area (Å²) in [5, 5.41) is 12.4. The van der Waals surface area contributed by atoms with Gasteiger partial charge in [-0.05, 0) is 18.4 Å². The zero-order valence-corrected chi connectivity index (χ0v) is 13.4. The van der Waals surface area contributed by atoms with E-state index in [1.807, 2.05) is 32.0 Å². The Balaban J connectivity index is 2.07. The molecular formula is C14H17ClN4OS. The van der Waals surface area contributed by atoms with E-state index in [1.54, 1.807) is 6.07 Å². The van der Waals surface area contributed by atoms with Crippen LogP contribution in [0.4, 0.5) is 5.13 Å². The third kappa shape index (κ3) is 4.23. The lowest BCUT2D eigenvalue weighted by Crippen LogP contribution is -2.36. The van der Waals surface area contributed by atoms with Gasteiger partial charge in [-0.2, -0.15) is 0 Å². The van der Waals surface area contributed by atoms with E-state index in [-0.39, 0.29) is 5.91 Å². The number of anilines is 1. The molecular weight excluding hydrogens is 308 g/mol. The highest BCUT2D eigenvalue weighted by atomic mass is 35.5. The van der Waals surface area contributed by atoms with Crippen LogP contribution in [-0.2, 0) is 4.79 Å². The normalized spacial score (nSPS) is 12.4. The second kappa shape index (κ2) is 6.98. The lowest BCUT2D eigenvalue weighted by atomic mass is 10.0. The SMILES string of the molecule is CC(C)C[C@H](N)C(=O)Nc1nnc(-c2ccccc2Cl)s1. The topological polar surface area (TPSA) is 80.9 Å². The first-order valence-electron chi connectivity index (χ1n) is 6.62. The fraction of sp³-hybridized carbons (Fsp3) is 0.357. The van der Waals surface area contributed by atoms with Crippen molar-refractivity contribution in [1.29, 1.82) is 0 Å². The summed E-state index contributed by atoms with van der Waals surface area (Å²) >= 11 is 7.38. The molecule has 0 saturated carbocycles. The zero-order chi connectivity index (χ0) is 15.4. The highest BCUT2D eigenvalue weighted by molar-refractivity contribution is 7.18. The monoisotopic (exact) mass is 324 g/mol. The molecule has 1 heterocycles. The largest absolute Gasteiger partial charge is 0.320 e. The Kier molecular flexibility index (Phi) is 5.27. The van der Waals surface area contributed by atoms with Gasteiger partial charge >= 0.3 is 0 Å². The Hall–Kier alpha value is -1.50. The van der Waals surface area contributed by atoms with Gasteiger partial charge in [-0.25, -0.2) is 0 Å². The Morgan fingerprint density at radius 3 is 2.76 bits per heavy atom. The average Bonchev–Trinajstić information content (AvgIpc) is 2.86. The molecule has 0 spiro atoms. The van der Waals surface area contributed by atoms with Crippen molar-refractivity contribution >= 4 is 34.0 Å². The summed E-state index contributed by atoms with van der Waals surface area (Å²) in [6, 6.07) is 6.83. The molecule has 2 aromatic rings. The van der Waals surface area contributed by atoms with Crippen LogP contribution in [0.2, 0.25) is 5.02 Å². The molecule has 0 radical (unpaired) electrons. The minimum absolute atomic E-state index is 0.245. The van der Waals surface area contributed by atoms with Gasteiger partial charge in [0.2, 0.25) is 11.0 Å². The number of carbonyl (C=O) groups excluding carboxylic acids is 1. The van der Waals surface area contributed by atoms with Gasteiger partial charge in [0.15, 0.2) is 5.01 Å². The van der Waals surface area contributed by atoms with Gasteiger partial charge in [0.1, 0.15) is 0 Å². The molecule has 0 bridgehead atoms. The summed E-state index contributed by atoms with van der Waals surface area (Å²) in [6.45, 7) is 4.04. The van der Waals surface area contributed by atoms with Crippen molar-refractivity contribution in [3.63, 3.8) is 0 Å². The summed E-state index contributed by atoms with van der Waals surface area (Å²) in [7, 11) is 0. The first-order chi connectivity index (χ1) is 9.97. The molecule has 0 fully saturated rings. The van der Waals surface area contributed by atoms with Crippen LogP contribution < -0.4 is 11.1 Å². The molecule has 7 heteroatoms. The fourth-order valence-corrected chi connectivity index (χ4v) is 2.90. The number of aromatic nitrogens is 2. The number of halogens is 1.